The average molecular weight is 543 g/mol. The molecule has 2 nitrogen and oxygen atoms in total. The van der Waals surface area contributed by atoms with Crippen LogP contribution in [0, 0.1) is 29.2 Å². The van der Waals surface area contributed by atoms with Crippen LogP contribution in [0.5, 0.6) is 5.75 Å². The van der Waals surface area contributed by atoms with E-state index in [0.717, 1.165) is 12.8 Å². The highest BCUT2D eigenvalue weighted by Crippen LogP contribution is 2.37. The van der Waals surface area contributed by atoms with Crippen molar-refractivity contribution >= 4 is 0 Å². The fraction of sp³-hybridized carbons (Fsp3) is 0.455. The summed E-state index contributed by atoms with van der Waals surface area (Å²) >= 11 is 0. The maximum Gasteiger partial charge on any atom is 0.201 e. The summed E-state index contributed by atoms with van der Waals surface area (Å²) in [4.78, 5) is 0. The Bertz CT molecular complexity index is 1220. The van der Waals surface area contributed by atoms with E-state index >= 15 is 8.78 Å². The van der Waals surface area contributed by atoms with E-state index in [0.29, 0.717) is 36.5 Å². The van der Waals surface area contributed by atoms with Gasteiger partial charge in [-0.1, -0.05) is 82.3 Å². The van der Waals surface area contributed by atoms with Gasteiger partial charge in [0.1, 0.15) is 0 Å². The van der Waals surface area contributed by atoms with Crippen molar-refractivity contribution in [3.05, 3.63) is 77.4 Å². The van der Waals surface area contributed by atoms with Gasteiger partial charge >= 0.3 is 0 Å². The molecule has 1 heterocycles. The lowest BCUT2D eigenvalue weighted by molar-refractivity contribution is -0.0218. The van der Waals surface area contributed by atoms with Gasteiger partial charge in [0.25, 0.3) is 0 Å². The molecule has 39 heavy (non-hydrogen) atoms. The van der Waals surface area contributed by atoms with Crippen LogP contribution in [0.1, 0.15) is 83.3 Å². The third-order valence-electron chi connectivity index (χ3n) is 7.56. The molecule has 2 unspecified atom stereocenters. The molecule has 1 aliphatic heterocycles. The molecule has 3 aromatic carbocycles. The second kappa shape index (κ2) is 14.0. The minimum Gasteiger partial charge on any atom is -0.490 e. The van der Waals surface area contributed by atoms with E-state index in [-0.39, 0.29) is 29.0 Å². The molecule has 0 aromatic heterocycles. The summed E-state index contributed by atoms with van der Waals surface area (Å²) in [6.45, 7) is 4.95. The summed E-state index contributed by atoms with van der Waals surface area (Å²) in [6.07, 6.45) is 9.17. The highest BCUT2D eigenvalue weighted by Gasteiger charge is 2.27. The number of ether oxygens (including phenoxy) is 2. The summed E-state index contributed by atoms with van der Waals surface area (Å²) in [6, 6.07) is 12.3. The van der Waals surface area contributed by atoms with E-state index in [1.54, 1.807) is 36.4 Å². The minimum atomic E-state index is -1.04. The summed E-state index contributed by atoms with van der Waals surface area (Å²) in [5.74, 6) is -3.53. The van der Waals surface area contributed by atoms with E-state index in [1.807, 2.05) is 6.92 Å². The van der Waals surface area contributed by atoms with Gasteiger partial charge in [-0.2, -0.15) is 4.39 Å². The third kappa shape index (κ3) is 7.02. The molecule has 0 N–H and O–H groups in total. The SMILES string of the molecule is CCCCCCCC1CCC(c2ccc(-c3ccc(-c4ccc(OCCC)c(F)c4F)cc3)c(F)c2F)OC1. The van der Waals surface area contributed by atoms with Gasteiger partial charge in [0.2, 0.25) is 5.82 Å². The highest BCUT2D eigenvalue weighted by molar-refractivity contribution is 5.71. The van der Waals surface area contributed by atoms with Gasteiger partial charge in [-0.15, -0.1) is 0 Å². The number of rotatable bonds is 12. The van der Waals surface area contributed by atoms with Gasteiger partial charge in [-0.3, -0.25) is 0 Å². The maximum atomic E-state index is 15.2. The second-order valence-corrected chi connectivity index (χ2v) is 10.5. The molecule has 0 spiro atoms. The first kappa shape index (κ1) is 29.1. The maximum absolute atomic E-state index is 15.2. The van der Waals surface area contributed by atoms with Gasteiger partial charge in [0.15, 0.2) is 23.2 Å². The fourth-order valence-electron chi connectivity index (χ4n) is 5.26. The molecule has 1 fully saturated rings. The Hall–Kier alpha value is -2.86. The van der Waals surface area contributed by atoms with Crippen LogP contribution in [0.25, 0.3) is 22.3 Å². The van der Waals surface area contributed by atoms with E-state index in [1.165, 1.54) is 44.2 Å². The van der Waals surface area contributed by atoms with Gasteiger partial charge in [0, 0.05) is 16.7 Å². The van der Waals surface area contributed by atoms with Crippen molar-refractivity contribution in [3.63, 3.8) is 0 Å². The molecule has 0 saturated carbocycles. The molecule has 1 aliphatic rings. The molecule has 4 rings (SSSR count). The lowest BCUT2D eigenvalue weighted by Crippen LogP contribution is -2.21. The third-order valence-corrected chi connectivity index (χ3v) is 7.56. The van der Waals surface area contributed by atoms with Crippen LogP contribution in [0.15, 0.2) is 48.5 Å². The smallest absolute Gasteiger partial charge is 0.201 e. The average Bonchev–Trinajstić information content (AvgIpc) is 2.96. The van der Waals surface area contributed by atoms with Crippen molar-refractivity contribution < 1.29 is 27.0 Å². The molecule has 0 amide bonds. The zero-order valence-corrected chi connectivity index (χ0v) is 22.9. The molecule has 0 radical (unpaired) electrons. The van der Waals surface area contributed by atoms with Crippen LogP contribution in [0.3, 0.4) is 0 Å². The zero-order chi connectivity index (χ0) is 27.8. The van der Waals surface area contributed by atoms with Crippen molar-refractivity contribution in [2.75, 3.05) is 13.2 Å². The molecule has 0 bridgehead atoms. The Morgan fingerprint density at radius 2 is 1.33 bits per heavy atom. The van der Waals surface area contributed by atoms with Crippen LogP contribution >= 0.6 is 0 Å². The molecular weight excluding hydrogens is 504 g/mol. The fourth-order valence-corrected chi connectivity index (χ4v) is 5.26. The highest BCUT2D eigenvalue weighted by atomic mass is 19.2. The lowest BCUT2D eigenvalue weighted by Gasteiger charge is -2.30. The topological polar surface area (TPSA) is 18.5 Å². The predicted octanol–water partition coefficient (Wildman–Crippen LogP) is 10.2. The number of hydrogen-bond donors (Lipinski definition) is 0. The monoisotopic (exact) mass is 542 g/mol. The van der Waals surface area contributed by atoms with Crippen LogP contribution in [0.2, 0.25) is 0 Å². The molecule has 6 heteroatoms. The molecular formula is C33H38F4O2. The van der Waals surface area contributed by atoms with E-state index in [9.17, 15) is 8.78 Å². The van der Waals surface area contributed by atoms with E-state index in [4.69, 9.17) is 9.47 Å². The standard InChI is InChI=1S/C33H38F4O2/c1-3-5-6-7-8-9-22-10-18-28(39-21-22)27-16-15-25(30(34)32(27)36)23-11-13-24(14-12-23)26-17-19-29(38-20-4-2)33(37)31(26)35/h11-17,19,22,28H,3-10,18,20-21H2,1-2H3. The number of halogens is 4. The quantitative estimate of drug-likeness (QED) is 0.167. The zero-order valence-electron chi connectivity index (χ0n) is 22.9. The Morgan fingerprint density at radius 1 is 0.692 bits per heavy atom. The first-order valence-electron chi connectivity index (χ1n) is 14.3. The van der Waals surface area contributed by atoms with Crippen LogP contribution in [0.4, 0.5) is 17.6 Å². The molecule has 0 aliphatic carbocycles. The van der Waals surface area contributed by atoms with Crippen molar-refractivity contribution in [2.24, 2.45) is 5.92 Å². The van der Waals surface area contributed by atoms with Gasteiger partial charge in [-0.25, -0.2) is 13.2 Å². The molecule has 2 atom stereocenters. The van der Waals surface area contributed by atoms with Gasteiger partial charge in [0.05, 0.1) is 19.3 Å². The van der Waals surface area contributed by atoms with Crippen molar-refractivity contribution in [1.82, 2.24) is 0 Å². The summed E-state index contributed by atoms with van der Waals surface area (Å²) < 4.78 is 70.7. The van der Waals surface area contributed by atoms with Crippen molar-refractivity contribution in [2.45, 2.75) is 77.7 Å². The van der Waals surface area contributed by atoms with E-state index < -0.39 is 29.4 Å². The minimum absolute atomic E-state index is 0.0682. The van der Waals surface area contributed by atoms with Gasteiger partial charge in [-0.05, 0) is 54.9 Å². The second-order valence-electron chi connectivity index (χ2n) is 10.5. The van der Waals surface area contributed by atoms with Crippen molar-refractivity contribution in [1.29, 1.82) is 0 Å². The summed E-state index contributed by atoms with van der Waals surface area (Å²) in [5, 5.41) is 0. The first-order valence-corrected chi connectivity index (χ1v) is 14.3. The van der Waals surface area contributed by atoms with Gasteiger partial charge < -0.3 is 9.47 Å². The summed E-state index contributed by atoms with van der Waals surface area (Å²) in [7, 11) is 0. The molecule has 3 aromatic rings. The van der Waals surface area contributed by atoms with E-state index in [2.05, 4.69) is 6.92 Å². The Morgan fingerprint density at radius 3 is 1.95 bits per heavy atom. The Labute approximate surface area is 229 Å². The largest absolute Gasteiger partial charge is 0.490 e. The molecule has 1 saturated heterocycles. The molecule has 210 valence electrons. The number of unbranched alkanes of at least 4 members (excludes halogenated alkanes) is 4. The Balaban J connectivity index is 1.42. The van der Waals surface area contributed by atoms with Crippen molar-refractivity contribution in [3.8, 4) is 28.0 Å². The predicted molar refractivity (Wildman–Crippen MR) is 148 cm³/mol. The summed E-state index contributed by atoms with van der Waals surface area (Å²) in [5.41, 5.74) is 1.29. The Kier molecular flexibility index (Phi) is 10.4. The number of hydrogen-bond acceptors (Lipinski definition) is 2. The van der Waals surface area contributed by atoms with Crippen LogP contribution < -0.4 is 4.74 Å². The van der Waals surface area contributed by atoms with Crippen LogP contribution in [-0.4, -0.2) is 13.2 Å². The first-order chi connectivity index (χ1) is 18.9. The van der Waals surface area contributed by atoms with Crippen LogP contribution in [-0.2, 0) is 4.74 Å². The normalized spacial score (nSPS) is 17.4. The lowest BCUT2D eigenvalue weighted by atomic mass is 9.90. The number of benzene rings is 3.